The first-order valence-corrected chi connectivity index (χ1v) is 13.8. The summed E-state index contributed by atoms with van der Waals surface area (Å²) in [5, 5.41) is 14.6. The molecule has 5 rings (SSSR count). The number of nitrogens with one attached hydrogen (secondary N) is 5. The van der Waals surface area contributed by atoms with Crippen molar-refractivity contribution in [3.63, 3.8) is 0 Å². The van der Waals surface area contributed by atoms with Crippen molar-refractivity contribution >= 4 is 35.0 Å². The second-order valence-corrected chi connectivity index (χ2v) is 10.7. The Hall–Kier alpha value is -4.66. The fraction of sp³-hybridized carbons (Fsp3) is 0.312. The average molecular weight is 556 g/mol. The molecule has 41 heavy (non-hydrogen) atoms. The van der Waals surface area contributed by atoms with Crippen molar-refractivity contribution < 1.29 is 19.2 Å². The number of benzene rings is 3. The molecule has 5 N–H and O–H groups in total. The molecular weight excluding hydrogens is 518 g/mol. The van der Waals surface area contributed by atoms with E-state index >= 15 is 0 Å². The highest BCUT2D eigenvalue weighted by Gasteiger charge is 2.30. The largest absolute Gasteiger partial charge is 0.356 e. The maximum Gasteiger partial charge on any atom is 0.243 e. The van der Waals surface area contributed by atoms with E-state index in [9.17, 15) is 19.2 Å². The summed E-state index contributed by atoms with van der Waals surface area (Å²) in [7, 11) is 0. The molecule has 3 aromatic rings. The number of anilines is 2. The van der Waals surface area contributed by atoms with Crippen LogP contribution in [0.1, 0.15) is 37.5 Å². The first-order chi connectivity index (χ1) is 19.7. The van der Waals surface area contributed by atoms with Gasteiger partial charge in [-0.25, -0.2) is 0 Å². The lowest BCUT2D eigenvalue weighted by atomic mass is 10.0. The number of amides is 4. The van der Waals surface area contributed by atoms with Crippen LogP contribution in [0, 0.1) is 5.92 Å². The Morgan fingerprint density at radius 1 is 0.732 bits per heavy atom. The zero-order valence-electron chi connectivity index (χ0n) is 23.6. The van der Waals surface area contributed by atoms with Gasteiger partial charge in [0.05, 0.1) is 6.42 Å². The molecule has 2 heterocycles. The Kier molecular flexibility index (Phi) is 9.73. The van der Waals surface area contributed by atoms with Gasteiger partial charge in [0.15, 0.2) is 0 Å². The van der Waals surface area contributed by atoms with Crippen LogP contribution in [0.5, 0.6) is 0 Å². The molecule has 2 aliphatic heterocycles. The minimum atomic E-state index is -0.909. The summed E-state index contributed by atoms with van der Waals surface area (Å²) in [4.78, 5) is 52.6. The zero-order chi connectivity index (χ0) is 29.4. The molecule has 0 aliphatic carbocycles. The molecule has 0 fully saturated rings. The number of carbonyl (C=O) groups is 4. The van der Waals surface area contributed by atoms with Gasteiger partial charge in [0, 0.05) is 24.3 Å². The van der Waals surface area contributed by atoms with Crippen molar-refractivity contribution in [1.29, 1.82) is 0 Å². The molecule has 9 heteroatoms. The number of fused-ring (bicyclic) bond motifs is 14. The summed E-state index contributed by atoms with van der Waals surface area (Å²) in [6.45, 7) is 5.52. The molecule has 9 nitrogen and oxygen atoms in total. The monoisotopic (exact) mass is 555 g/mol. The van der Waals surface area contributed by atoms with E-state index in [2.05, 4.69) is 26.6 Å². The third kappa shape index (κ3) is 8.41. The molecule has 4 bridgehead atoms. The standard InChI is InChI=1S/C32H37N5O4/c1-20(2)29-32(41)34-21(3)30(39)33-19-23-12-14-25(15-13-23)35-26-11-7-10-24(16-26)18-28(38)36-27(31(40)37-29)17-22-8-5-4-6-9-22/h4-16,20-21,27,29,35H,17-19H2,1-3H3,(H,33,39)(H,34,41)(H,36,38)(H,37,40)/t21-,27-,29-/m0/s1. The lowest BCUT2D eigenvalue weighted by molar-refractivity contribution is -0.134. The maximum absolute atomic E-state index is 13.5. The van der Waals surface area contributed by atoms with Gasteiger partial charge in [-0.1, -0.05) is 68.4 Å². The average Bonchev–Trinajstić information content (AvgIpc) is 2.95. The summed E-state index contributed by atoms with van der Waals surface area (Å²) in [5.41, 5.74) is 4.22. The second kappa shape index (κ2) is 13.6. The van der Waals surface area contributed by atoms with E-state index in [1.807, 2.05) is 92.7 Å². The maximum atomic E-state index is 13.5. The van der Waals surface area contributed by atoms with Crippen molar-refractivity contribution in [2.24, 2.45) is 5.92 Å². The molecule has 0 spiro atoms. The van der Waals surface area contributed by atoms with Crippen LogP contribution >= 0.6 is 0 Å². The second-order valence-electron chi connectivity index (χ2n) is 10.7. The van der Waals surface area contributed by atoms with Gasteiger partial charge in [0.1, 0.15) is 18.1 Å². The minimum Gasteiger partial charge on any atom is -0.356 e. The molecular formula is C32H37N5O4. The number of hydrogen-bond donors (Lipinski definition) is 5. The topological polar surface area (TPSA) is 128 Å². The molecule has 0 saturated carbocycles. The van der Waals surface area contributed by atoms with Gasteiger partial charge < -0.3 is 26.6 Å². The van der Waals surface area contributed by atoms with Crippen LogP contribution in [0.2, 0.25) is 0 Å². The van der Waals surface area contributed by atoms with Crippen molar-refractivity contribution in [2.75, 3.05) is 5.32 Å². The third-order valence-corrected chi connectivity index (χ3v) is 6.93. The van der Waals surface area contributed by atoms with Crippen molar-refractivity contribution in [3.05, 3.63) is 95.6 Å². The quantitative estimate of drug-likeness (QED) is 0.318. The van der Waals surface area contributed by atoms with Crippen LogP contribution in [0.3, 0.4) is 0 Å². The highest BCUT2D eigenvalue weighted by Crippen LogP contribution is 2.19. The van der Waals surface area contributed by atoms with Gasteiger partial charge in [-0.05, 0) is 53.8 Å². The predicted octanol–water partition coefficient (Wildman–Crippen LogP) is 2.98. The first-order valence-electron chi connectivity index (χ1n) is 13.8. The lowest BCUT2D eigenvalue weighted by Crippen LogP contribution is -2.58. The van der Waals surface area contributed by atoms with Gasteiger partial charge in [-0.3, -0.25) is 19.2 Å². The van der Waals surface area contributed by atoms with E-state index in [1.54, 1.807) is 6.92 Å². The molecule has 3 atom stereocenters. The lowest BCUT2D eigenvalue weighted by Gasteiger charge is -2.26. The van der Waals surface area contributed by atoms with Crippen LogP contribution in [0.25, 0.3) is 0 Å². The fourth-order valence-corrected chi connectivity index (χ4v) is 4.62. The Balaban J connectivity index is 1.63. The molecule has 4 amide bonds. The molecule has 214 valence electrons. The zero-order valence-corrected chi connectivity index (χ0v) is 23.6. The van der Waals surface area contributed by atoms with E-state index in [-0.39, 0.29) is 30.6 Å². The Bertz CT molecular complexity index is 1370. The van der Waals surface area contributed by atoms with Crippen LogP contribution in [0.4, 0.5) is 11.4 Å². The number of carbonyl (C=O) groups excluding carboxylic acids is 4. The highest BCUT2D eigenvalue weighted by atomic mass is 16.2. The van der Waals surface area contributed by atoms with Gasteiger partial charge in [-0.2, -0.15) is 0 Å². The summed E-state index contributed by atoms with van der Waals surface area (Å²) in [6, 6.07) is 21.9. The van der Waals surface area contributed by atoms with Gasteiger partial charge in [0.2, 0.25) is 23.6 Å². The fourth-order valence-electron chi connectivity index (χ4n) is 4.62. The third-order valence-electron chi connectivity index (χ3n) is 6.93. The molecule has 0 aromatic heterocycles. The van der Waals surface area contributed by atoms with Gasteiger partial charge in [-0.15, -0.1) is 0 Å². The van der Waals surface area contributed by atoms with Crippen LogP contribution < -0.4 is 26.6 Å². The van der Waals surface area contributed by atoms with Crippen molar-refractivity contribution in [3.8, 4) is 0 Å². The minimum absolute atomic E-state index is 0.0758. The van der Waals surface area contributed by atoms with E-state index in [1.165, 1.54) is 0 Å². The van der Waals surface area contributed by atoms with Crippen LogP contribution in [-0.2, 0) is 38.6 Å². The molecule has 2 aliphatic rings. The Labute approximate surface area is 240 Å². The smallest absolute Gasteiger partial charge is 0.243 e. The SMILES string of the molecule is CC(C)[C@@H]1NC(=O)[C@H](Cc2ccccc2)NC(=O)Cc2cccc(c2)Nc2ccc(cc2)CNC(=O)[C@H](C)NC1=O. The number of hydrogen-bond acceptors (Lipinski definition) is 5. The Morgan fingerprint density at radius 3 is 2.17 bits per heavy atom. The highest BCUT2D eigenvalue weighted by molar-refractivity contribution is 5.94. The normalized spacial score (nSPS) is 20.6. The summed E-state index contributed by atoms with van der Waals surface area (Å²) >= 11 is 0. The van der Waals surface area contributed by atoms with Crippen LogP contribution in [0.15, 0.2) is 78.9 Å². The van der Waals surface area contributed by atoms with E-state index in [0.29, 0.717) is 6.54 Å². The van der Waals surface area contributed by atoms with E-state index in [4.69, 9.17) is 0 Å². The van der Waals surface area contributed by atoms with Gasteiger partial charge in [0.25, 0.3) is 0 Å². The predicted molar refractivity (Wildman–Crippen MR) is 158 cm³/mol. The molecule has 3 aromatic carbocycles. The summed E-state index contributed by atoms with van der Waals surface area (Å²) < 4.78 is 0. The van der Waals surface area contributed by atoms with E-state index in [0.717, 1.165) is 28.1 Å². The molecule has 0 unspecified atom stereocenters. The van der Waals surface area contributed by atoms with Crippen molar-refractivity contribution in [2.45, 2.75) is 58.3 Å². The van der Waals surface area contributed by atoms with Crippen LogP contribution in [-0.4, -0.2) is 41.8 Å². The van der Waals surface area contributed by atoms with Gasteiger partial charge >= 0.3 is 0 Å². The van der Waals surface area contributed by atoms with E-state index < -0.39 is 29.9 Å². The molecule has 0 saturated heterocycles. The summed E-state index contributed by atoms with van der Waals surface area (Å²) in [6.07, 6.45) is 0.327. The number of rotatable bonds is 3. The van der Waals surface area contributed by atoms with Crippen molar-refractivity contribution in [1.82, 2.24) is 21.3 Å². The summed E-state index contributed by atoms with van der Waals surface area (Å²) in [5.74, 6) is -1.87. The first kappa shape index (κ1) is 29.3. The molecule has 0 radical (unpaired) electrons. The Morgan fingerprint density at radius 2 is 1.46 bits per heavy atom.